The maximum Gasteiger partial charge on any atom is 0.319 e. The van der Waals surface area contributed by atoms with E-state index >= 15 is 0 Å². The number of benzene rings is 1. The van der Waals surface area contributed by atoms with Crippen LogP contribution in [0.5, 0.6) is 11.5 Å². The van der Waals surface area contributed by atoms with Gasteiger partial charge in [0.15, 0.2) is 0 Å². The molecule has 1 aliphatic heterocycles. The molecule has 1 heterocycles. The van der Waals surface area contributed by atoms with Crippen LogP contribution in [-0.4, -0.2) is 35.3 Å². The second-order valence-corrected chi connectivity index (χ2v) is 6.00. The summed E-state index contributed by atoms with van der Waals surface area (Å²) in [4.78, 5) is 11.4. The zero-order valence-electron chi connectivity index (χ0n) is 10.9. The van der Waals surface area contributed by atoms with Gasteiger partial charge in [-0.1, -0.05) is 0 Å². The lowest BCUT2D eigenvalue weighted by atomic mass is 10.00. The summed E-state index contributed by atoms with van der Waals surface area (Å²) in [5, 5.41) is 9.34. The second kappa shape index (κ2) is 6.19. The molecule has 0 aliphatic carbocycles. The molecule has 0 bridgehead atoms. The molecular formula is C14H18O4S. The summed E-state index contributed by atoms with van der Waals surface area (Å²) in [5.41, 5.74) is 0. The molecule has 5 heteroatoms. The van der Waals surface area contributed by atoms with Crippen LogP contribution in [0.1, 0.15) is 19.3 Å². The van der Waals surface area contributed by atoms with Crippen LogP contribution < -0.4 is 9.47 Å². The minimum Gasteiger partial charge on any atom is -0.497 e. The van der Waals surface area contributed by atoms with Gasteiger partial charge in [0.05, 0.1) is 13.7 Å². The van der Waals surface area contributed by atoms with Crippen LogP contribution in [0.3, 0.4) is 0 Å². The number of ether oxygens (including phenoxy) is 2. The van der Waals surface area contributed by atoms with E-state index in [1.807, 2.05) is 24.3 Å². The number of carboxylic acid groups (broad SMARTS) is 1. The average molecular weight is 282 g/mol. The third-order valence-corrected chi connectivity index (χ3v) is 4.96. The molecule has 104 valence electrons. The quantitative estimate of drug-likeness (QED) is 0.869. The van der Waals surface area contributed by atoms with Gasteiger partial charge in [-0.15, -0.1) is 11.8 Å². The Kier molecular flexibility index (Phi) is 4.58. The maximum atomic E-state index is 11.4. The molecule has 1 N–H and O–H groups in total. The van der Waals surface area contributed by atoms with Crippen molar-refractivity contribution < 1.29 is 19.4 Å². The topological polar surface area (TPSA) is 55.8 Å². The molecule has 19 heavy (non-hydrogen) atoms. The molecule has 1 atom stereocenters. The predicted molar refractivity (Wildman–Crippen MR) is 75.2 cm³/mol. The van der Waals surface area contributed by atoms with Crippen LogP contribution in [0.2, 0.25) is 0 Å². The molecule has 0 amide bonds. The van der Waals surface area contributed by atoms with Crippen LogP contribution in [-0.2, 0) is 4.79 Å². The highest BCUT2D eigenvalue weighted by atomic mass is 32.2. The Labute approximate surface area is 117 Å². The molecule has 2 rings (SSSR count). The summed E-state index contributed by atoms with van der Waals surface area (Å²) < 4.78 is 10.0. The fourth-order valence-electron chi connectivity index (χ4n) is 2.18. The number of hydrogen-bond acceptors (Lipinski definition) is 4. The number of methoxy groups -OCH3 is 1. The summed E-state index contributed by atoms with van der Waals surface area (Å²) in [5.74, 6) is 1.73. The second-order valence-electron chi connectivity index (χ2n) is 4.53. The van der Waals surface area contributed by atoms with Gasteiger partial charge >= 0.3 is 5.97 Å². The fourth-order valence-corrected chi connectivity index (χ4v) is 3.50. The number of carbonyl (C=O) groups is 1. The van der Waals surface area contributed by atoms with Gasteiger partial charge in [-0.05, 0) is 42.9 Å². The van der Waals surface area contributed by atoms with E-state index in [0.717, 1.165) is 30.1 Å². The zero-order chi connectivity index (χ0) is 13.7. The Bertz CT molecular complexity index is 424. The average Bonchev–Trinajstić information content (AvgIpc) is 2.90. The molecule has 0 saturated carbocycles. The maximum absolute atomic E-state index is 11.4. The third-order valence-electron chi connectivity index (χ3n) is 3.33. The lowest BCUT2D eigenvalue weighted by molar-refractivity contribution is -0.140. The van der Waals surface area contributed by atoms with E-state index in [2.05, 4.69) is 0 Å². The van der Waals surface area contributed by atoms with Gasteiger partial charge < -0.3 is 14.6 Å². The summed E-state index contributed by atoms with van der Waals surface area (Å²) >= 11 is 1.54. The zero-order valence-corrected chi connectivity index (χ0v) is 11.7. The van der Waals surface area contributed by atoms with Crippen molar-refractivity contribution in [2.24, 2.45) is 0 Å². The lowest BCUT2D eigenvalue weighted by Gasteiger charge is -2.22. The highest BCUT2D eigenvalue weighted by molar-refractivity contribution is 8.01. The highest BCUT2D eigenvalue weighted by Gasteiger charge is 2.41. The smallest absolute Gasteiger partial charge is 0.319 e. The van der Waals surface area contributed by atoms with Crippen molar-refractivity contribution in [1.29, 1.82) is 0 Å². The lowest BCUT2D eigenvalue weighted by Crippen LogP contribution is -2.34. The molecule has 0 aromatic heterocycles. The summed E-state index contributed by atoms with van der Waals surface area (Å²) in [7, 11) is 1.61. The van der Waals surface area contributed by atoms with Crippen LogP contribution in [0.4, 0.5) is 0 Å². The first-order chi connectivity index (χ1) is 9.16. The first-order valence-corrected chi connectivity index (χ1v) is 7.29. The van der Waals surface area contributed by atoms with Crippen LogP contribution >= 0.6 is 11.8 Å². The number of thioether (sulfide) groups is 1. The molecule has 1 saturated heterocycles. The molecule has 1 fully saturated rings. The standard InChI is InChI=1S/C14H18O4S/c1-17-11-3-5-12(6-4-11)18-9-8-14(13(15)16)7-2-10-19-14/h3-6H,2,7-10H2,1H3,(H,15,16). The van der Waals surface area contributed by atoms with Crippen molar-refractivity contribution in [1.82, 2.24) is 0 Å². The highest BCUT2D eigenvalue weighted by Crippen LogP contribution is 2.41. The number of aliphatic carboxylic acids is 1. The van der Waals surface area contributed by atoms with Gasteiger partial charge in [0.1, 0.15) is 16.2 Å². The van der Waals surface area contributed by atoms with E-state index in [1.165, 1.54) is 11.8 Å². The number of hydrogen-bond donors (Lipinski definition) is 1. The van der Waals surface area contributed by atoms with Crippen molar-refractivity contribution in [3.63, 3.8) is 0 Å². The van der Waals surface area contributed by atoms with E-state index < -0.39 is 10.7 Å². The normalized spacial score (nSPS) is 22.2. The van der Waals surface area contributed by atoms with Gasteiger partial charge in [-0.25, -0.2) is 0 Å². The van der Waals surface area contributed by atoms with E-state index in [9.17, 15) is 9.90 Å². The van der Waals surface area contributed by atoms with Crippen molar-refractivity contribution >= 4 is 17.7 Å². The van der Waals surface area contributed by atoms with Crippen molar-refractivity contribution in [2.75, 3.05) is 19.5 Å². The van der Waals surface area contributed by atoms with E-state index in [0.29, 0.717) is 13.0 Å². The summed E-state index contributed by atoms with van der Waals surface area (Å²) in [6.07, 6.45) is 2.25. The third kappa shape index (κ3) is 3.35. The van der Waals surface area contributed by atoms with Gasteiger partial charge in [0.25, 0.3) is 0 Å². The Morgan fingerprint density at radius 3 is 2.58 bits per heavy atom. The Balaban J connectivity index is 1.86. The fraction of sp³-hybridized carbons (Fsp3) is 0.500. The van der Waals surface area contributed by atoms with E-state index in [-0.39, 0.29) is 0 Å². The van der Waals surface area contributed by atoms with E-state index in [4.69, 9.17) is 9.47 Å². The van der Waals surface area contributed by atoms with Gasteiger partial charge in [-0.2, -0.15) is 0 Å². The van der Waals surface area contributed by atoms with Crippen molar-refractivity contribution in [3.8, 4) is 11.5 Å². The minimum absolute atomic E-state index is 0.422. The first-order valence-electron chi connectivity index (χ1n) is 6.30. The van der Waals surface area contributed by atoms with E-state index in [1.54, 1.807) is 7.11 Å². The summed E-state index contributed by atoms with van der Waals surface area (Å²) in [6.45, 7) is 0.422. The molecule has 1 aromatic rings. The number of carboxylic acids is 1. The molecule has 0 radical (unpaired) electrons. The Morgan fingerprint density at radius 1 is 1.37 bits per heavy atom. The van der Waals surface area contributed by atoms with Crippen molar-refractivity contribution in [2.45, 2.75) is 24.0 Å². The summed E-state index contributed by atoms with van der Waals surface area (Å²) in [6, 6.07) is 7.31. The molecule has 1 aromatic carbocycles. The predicted octanol–water partition coefficient (Wildman–Crippen LogP) is 2.81. The van der Waals surface area contributed by atoms with Crippen LogP contribution in [0, 0.1) is 0 Å². The van der Waals surface area contributed by atoms with Gasteiger partial charge in [0.2, 0.25) is 0 Å². The molecular weight excluding hydrogens is 264 g/mol. The number of rotatable bonds is 6. The van der Waals surface area contributed by atoms with Gasteiger partial charge in [0, 0.05) is 6.42 Å². The Morgan fingerprint density at radius 2 is 2.05 bits per heavy atom. The minimum atomic E-state index is -0.715. The molecule has 1 aliphatic rings. The van der Waals surface area contributed by atoms with Gasteiger partial charge in [-0.3, -0.25) is 4.79 Å². The molecule has 0 spiro atoms. The van der Waals surface area contributed by atoms with Crippen LogP contribution in [0.25, 0.3) is 0 Å². The van der Waals surface area contributed by atoms with Crippen molar-refractivity contribution in [3.05, 3.63) is 24.3 Å². The largest absolute Gasteiger partial charge is 0.497 e. The first kappa shape index (κ1) is 14.1. The Hall–Kier alpha value is -1.36. The monoisotopic (exact) mass is 282 g/mol. The SMILES string of the molecule is COc1ccc(OCCC2(C(=O)O)CCCS2)cc1. The molecule has 4 nitrogen and oxygen atoms in total. The molecule has 1 unspecified atom stereocenters. The van der Waals surface area contributed by atoms with Crippen LogP contribution in [0.15, 0.2) is 24.3 Å².